The summed E-state index contributed by atoms with van der Waals surface area (Å²) in [5.41, 5.74) is 3.57. The lowest BCUT2D eigenvalue weighted by atomic mass is 10.1. The second kappa shape index (κ2) is 3.02. The molecule has 74 valence electrons. The van der Waals surface area contributed by atoms with Gasteiger partial charge in [-0.3, -0.25) is 0 Å². The van der Waals surface area contributed by atoms with E-state index < -0.39 is 0 Å². The number of hydrogen-bond donors (Lipinski definition) is 0. The van der Waals surface area contributed by atoms with E-state index in [0.29, 0.717) is 0 Å². The lowest BCUT2D eigenvalue weighted by Crippen LogP contribution is -1.83. The van der Waals surface area contributed by atoms with Crippen LogP contribution in [0.3, 0.4) is 0 Å². The van der Waals surface area contributed by atoms with E-state index >= 15 is 0 Å². The Hall–Kier alpha value is -1.96. The van der Waals surface area contributed by atoms with E-state index in [0.717, 1.165) is 5.56 Å². The minimum atomic E-state index is 1.13. The van der Waals surface area contributed by atoms with Crippen molar-refractivity contribution in [3.8, 4) is 11.1 Å². The predicted octanol–water partition coefficient (Wildman–Crippen LogP) is 3.44. The molecule has 0 atom stereocenters. The van der Waals surface area contributed by atoms with Crippen LogP contribution in [0.5, 0.6) is 0 Å². The van der Waals surface area contributed by atoms with Crippen molar-refractivity contribution >= 4 is 10.9 Å². The zero-order valence-electron chi connectivity index (χ0n) is 8.47. The Bertz CT molecular complexity index is 590. The number of benzene rings is 1. The summed E-state index contributed by atoms with van der Waals surface area (Å²) in [4.78, 5) is 0. The molecule has 0 N–H and O–H groups in total. The smallest absolute Gasteiger partial charge is 0.0980 e. The average molecular weight is 197 g/mol. The van der Waals surface area contributed by atoms with Gasteiger partial charge in [-0.25, -0.2) is 0 Å². The normalized spacial score (nSPS) is 11.0. The average Bonchev–Trinajstić information content (AvgIpc) is 2.88. The van der Waals surface area contributed by atoms with Gasteiger partial charge in [0.25, 0.3) is 0 Å². The number of hydrogen-bond acceptors (Lipinski definition) is 1. The fraction of sp³-hybridized carbons (Fsp3) is 0.0769. The molecule has 0 aliphatic carbocycles. The van der Waals surface area contributed by atoms with Crippen LogP contribution in [-0.4, -0.2) is 4.57 Å². The molecule has 0 unspecified atom stereocenters. The Kier molecular flexibility index (Phi) is 1.68. The van der Waals surface area contributed by atoms with Crippen LogP contribution in [0.15, 0.2) is 53.5 Å². The third kappa shape index (κ3) is 1.26. The number of rotatable bonds is 1. The molecule has 3 aromatic rings. The molecule has 0 aliphatic rings. The Morgan fingerprint density at radius 2 is 2.00 bits per heavy atom. The maximum atomic E-state index is 5.08. The van der Waals surface area contributed by atoms with Crippen LogP contribution >= 0.6 is 0 Å². The van der Waals surface area contributed by atoms with Crippen LogP contribution in [-0.2, 0) is 7.05 Å². The van der Waals surface area contributed by atoms with Crippen molar-refractivity contribution in [1.82, 2.24) is 4.57 Å². The van der Waals surface area contributed by atoms with Gasteiger partial charge in [0.15, 0.2) is 0 Å². The largest absolute Gasteiger partial charge is 0.472 e. The molecule has 2 nitrogen and oxygen atoms in total. The van der Waals surface area contributed by atoms with Crippen molar-refractivity contribution in [2.24, 2.45) is 7.05 Å². The third-order valence-corrected chi connectivity index (χ3v) is 2.74. The maximum absolute atomic E-state index is 5.08. The van der Waals surface area contributed by atoms with Crippen molar-refractivity contribution in [1.29, 1.82) is 0 Å². The van der Waals surface area contributed by atoms with Gasteiger partial charge >= 0.3 is 0 Å². The Morgan fingerprint density at radius 1 is 1.07 bits per heavy atom. The highest BCUT2D eigenvalue weighted by atomic mass is 16.3. The number of nitrogens with zero attached hydrogens (tertiary/aromatic N) is 1. The third-order valence-electron chi connectivity index (χ3n) is 2.74. The topological polar surface area (TPSA) is 18.1 Å². The van der Waals surface area contributed by atoms with Gasteiger partial charge < -0.3 is 8.98 Å². The molecule has 2 heteroatoms. The first kappa shape index (κ1) is 8.36. The highest BCUT2D eigenvalue weighted by Gasteiger charge is 2.02. The Morgan fingerprint density at radius 3 is 2.80 bits per heavy atom. The standard InChI is InChI=1S/C13H11NO/c1-14-6-4-11-8-10(2-3-13(11)14)12-5-7-15-9-12/h2-9H,1H3. The molecule has 15 heavy (non-hydrogen) atoms. The van der Waals surface area contributed by atoms with Gasteiger partial charge in [0.05, 0.1) is 12.5 Å². The van der Waals surface area contributed by atoms with Crippen molar-refractivity contribution in [3.05, 3.63) is 49.1 Å². The monoisotopic (exact) mass is 197 g/mol. The van der Waals surface area contributed by atoms with Gasteiger partial charge in [0.2, 0.25) is 0 Å². The van der Waals surface area contributed by atoms with Crippen LogP contribution in [0.25, 0.3) is 22.0 Å². The van der Waals surface area contributed by atoms with E-state index in [-0.39, 0.29) is 0 Å². The van der Waals surface area contributed by atoms with Crippen LogP contribution in [0, 0.1) is 0 Å². The summed E-state index contributed by atoms with van der Waals surface area (Å²) in [5.74, 6) is 0. The summed E-state index contributed by atoms with van der Waals surface area (Å²) >= 11 is 0. The summed E-state index contributed by atoms with van der Waals surface area (Å²) in [7, 11) is 2.06. The number of fused-ring (bicyclic) bond motifs is 1. The van der Waals surface area contributed by atoms with E-state index in [1.807, 2.05) is 6.07 Å². The molecule has 1 aromatic carbocycles. The zero-order chi connectivity index (χ0) is 10.3. The second-order valence-electron chi connectivity index (χ2n) is 3.71. The molecule has 0 amide bonds. The van der Waals surface area contributed by atoms with Crippen LogP contribution < -0.4 is 0 Å². The van der Waals surface area contributed by atoms with Gasteiger partial charge in [-0.1, -0.05) is 6.07 Å². The minimum Gasteiger partial charge on any atom is -0.472 e. The zero-order valence-corrected chi connectivity index (χ0v) is 8.47. The highest BCUT2D eigenvalue weighted by Crippen LogP contribution is 2.24. The lowest BCUT2D eigenvalue weighted by Gasteiger charge is -1.99. The van der Waals surface area contributed by atoms with Crippen molar-refractivity contribution in [3.63, 3.8) is 0 Å². The summed E-state index contributed by atoms with van der Waals surface area (Å²) in [6.07, 6.45) is 5.54. The number of furan rings is 1. The molecular formula is C13H11NO. The predicted molar refractivity (Wildman–Crippen MR) is 60.6 cm³/mol. The van der Waals surface area contributed by atoms with Gasteiger partial charge in [-0.15, -0.1) is 0 Å². The van der Waals surface area contributed by atoms with Crippen LogP contribution in [0.2, 0.25) is 0 Å². The van der Waals surface area contributed by atoms with Crippen molar-refractivity contribution in [2.75, 3.05) is 0 Å². The molecular weight excluding hydrogens is 186 g/mol. The fourth-order valence-electron chi connectivity index (χ4n) is 1.89. The first-order valence-corrected chi connectivity index (χ1v) is 4.92. The quantitative estimate of drug-likeness (QED) is 0.584. The van der Waals surface area contributed by atoms with E-state index in [1.54, 1.807) is 12.5 Å². The van der Waals surface area contributed by atoms with Gasteiger partial charge in [0.1, 0.15) is 0 Å². The van der Waals surface area contributed by atoms with Gasteiger partial charge in [-0.2, -0.15) is 0 Å². The van der Waals surface area contributed by atoms with Crippen molar-refractivity contribution in [2.45, 2.75) is 0 Å². The van der Waals surface area contributed by atoms with E-state index in [4.69, 9.17) is 4.42 Å². The molecule has 0 saturated carbocycles. The highest BCUT2D eigenvalue weighted by molar-refractivity contribution is 5.85. The molecule has 0 aliphatic heterocycles. The van der Waals surface area contributed by atoms with E-state index in [9.17, 15) is 0 Å². The molecule has 0 saturated heterocycles. The van der Waals surface area contributed by atoms with Crippen LogP contribution in [0.1, 0.15) is 0 Å². The fourth-order valence-corrected chi connectivity index (χ4v) is 1.89. The SMILES string of the molecule is Cn1ccc2cc(-c3ccoc3)ccc21. The van der Waals surface area contributed by atoms with Gasteiger partial charge in [0, 0.05) is 29.7 Å². The summed E-state index contributed by atoms with van der Waals surface area (Å²) in [6.45, 7) is 0. The van der Waals surface area contributed by atoms with Crippen LogP contribution in [0.4, 0.5) is 0 Å². The number of aryl methyl sites for hydroxylation is 1. The van der Waals surface area contributed by atoms with Gasteiger partial charge in [-0.05, 0) is 29.8 Å². The van der Waals surface area contributed by atoms with E-state index in [2.05, 4.69) is 42.1 Å². The number of aromatic nitrogens is 1. The molecule has 3 rings (SSSR count). The molecule has 0 bridgehead atoms. The minimum absolute atomic E-state index is 1.13. The van der Waals surface area contributed by atoms with Crippen molar-refractivity contribution < 1.29 is 4.42 Å². The Labute approximate surface area is 87.7 Å². The maximum Gasteiger partial charge on any atom is 0.0980 e. The summed E-state index contributed by atoms with van der Waals surface area (Å²) in [6, 6.07) is 10.5. The first-order chi connectivity index (χ1) is 7.34. The molecule has 0 fully saturated rings. The Balaban J connectivity index is 2.23. The lowest BCUT2D eigenvalue weighted by molar-refractivity contribution is 0.568. The second-order valence-corrected chi connectivity index (χ2v) is 3.71. The molecule has 0 spiro atoms. The molecule has 0 radical (unpaired) electrons. The molecule has 2 heterocycles. The molecule has 2 aromatic heterocycles. The van der Waals surface area contributed by atoms with E-state index in [1.165, 1.54) is 16.5 Å². The summed E-state index contributed by atoms with van der Waals surface area (Å²) < 4.78 is 7.20. The summed E-state index contributed by atoms with van der Waals surface area (Å²) in [5, 5.41) is 1.26. The first-order valence-electron chi connectivity index (χ1n) is 4.92.